The van der Waals surface area contributed by atoms with Crippen molar-refractivity contribution in [2.75, 3.05) is 42.1 Å². The van der Waals surface area contributed by atoms with Gasteiger partial charge in [0, 0.05) is 44.4 Å². The smallest absolute Gasteiger partial charge is 0.415 e. The summed E-state index contributed by atoms with van der Waals surface area (Å²) in [5.41, 5.74) is -1.33. The molecule has 1 N–H and O–H groups in total. The third kappa shape index (κ3) is 8.74. The van der Waals surface area contributed by atoms with E-state index in [2.05, 4.69) is 0 Å². The number of fused-ring (bicyclic) bond motifs is 1. The predicted molar refractivity (Wildman–Crippen MR) is 179 cm³/mol. The molecule has 2 aromatic rings. The number of nitrogens with zero attached hydrogens (tertiary/aromatic N) is 3. The second-order valence-corrected chi connectivity index (χ2v) is 16.1. The Morgan fingerprint density at radius 3 is 2.27 bits per heavy atom. The topological polar surface area (TPSA) is 144 Å². The van der Waals surface area contributed by atoms with Crippen LogP contribution in [0.5, 0.6) is 5.75 Å². The van der Waals surface area contributed by atoms with Crippen molar-refractivity contribution >= 4 is 39.7 Å². The largest absolute Gasteiger partial charge is 0.487 e. The van der Waals surface area contributed by atoms with Crippen molar-refractivity contribution in [1.82, 2.24) is 9.62 Å². The molecule has 49 heavy (non-hydrogen) atoms. The van der Waals surface area contributed by atoms with Crippen molar-refractivity contribution in [3.8, 4) is 5.75 Å². The highest BCUT2D eigenvalue weighted by Crippen LogP contribution is 2.46. The first kappa shape index (κ1) is 36.2. The molecule has 15 heteroatoms. The summed E-state index contributed by atoms with van der Waals surface area (Å²) in [6.07, 6.45) is 0.0151. The maximum absolute atomic E-state index is 16.9. The fourth-order valence-corrected chi connectivity index (χ4v) is 7.21. The first-order chi connectivity index (χ1) is 22.9. The highest BCUT2D eigenvalue weighted by molar-refractivity contribution is 7.92. The normalized spacial score (nSPS) is 19.3. The fraction of sp³-hybridized carbons (Fsp3) is 0.559. The number of hydrogen-bond acceptors (Lipinski definition) is 9. The predicted octanol–water partition coefficient (Wildman–Crippen LogP) is 4.92. The Hall–Kier alpha value is -4.11. The van der Waals surface area contributed by atoms with Crippen molar-refractivity contribution in [3.05, 3.63) is 53.3 Å². The minimum absolute atomic E-state index is 0.0164. The number of benzene rings is 2. The number of ether oxygens (including phenoxy) is 4. The molecule has 2 fully saturated rings. The second-order valence-electron chi connectivity index (χ2n) is 14.5. The van der Waals surface area contributed by atoms with E-state index in [0.717, 1.165) is 18.4 Å². The number of hydrogen-bond donors (Lipinski definition) is 1. The van der Waals surface area contributed by atoms with Gasteiger partial charge in [-0.2, -0.15) is 8.42 Å². The van der Waals surface area contributed by atoms with Gasteiger partial charge in [0.05, 0.1) is 11.7 Å². The van der Waals surface area contributed by atoms with Gasteiger partial charge in [-0.3, -0.25) is 9.69 Å². The van der Waals surface area contributed by atoms with Crippen LogP contribution in [0.2, 0.25) is 0 Å². The molecule has 3 aliphatic rings. The molecule has 5 rings (SSSR count). The van der Waals surface area contributed by atoms with Crippen LogP contribution in [0.4, 0.5) is 25.4 Å². The van der Waals surface area contributed by atoms with E-state index in [9.17, 15) is 22.8 Å². The third-order valence-electron chi connectivity index (χ3n) is 8.15. The molecule has 268 valence electrons. The Labute approximate surface area is 286 Å². The van der Waals surface area contributed by atoms with Gasteiger partial charge in [-0.05, 0) is 65.9 Å². The van der Waals surface area contributed by atoms with E-state index >= 15 is 4.39 Å². The molecule has 0 spiro atoms. The zero-order valence-electron chi connectivity index (χ0n) is 28.8. The highest BCUT2D eigenvalue weighted by atomic mass is 32.2. The molecule has 0 unspecified atom stereocenters. The van der Waals surface area contributed by atoms with E-state index in [1.807, 2.05) is 10.8 Å². The Balaban J connectivity index is 1.58. The van der Waals surface area contributed by atoms with Crippen molar-refractivity contribution in [3.63, 3.8) is 0 Å². The molecule has 3 aliphatic heterocycles. The van der Waals surface area contributed by atoms with E-state index in [1.165, 1.54) is 15.9 Å². The summed E-state index contributed by atoms with van der Waals surface area (Å²) < 4.78 is 68.5. The van der Waals surface area contributed by atoms with Gasteiger partial charge in [-0.15, -0.1) is 0 Å². The molecule has 0 radical (unpaired) electrons. The zero-order chi connectivity index (χ0) is 35.7. The molecule has 3 amide bonds. The van der Waals surface area contributed by atoms with Gasteiger partial charge in [0.1, 0.15) is 35.8 Å². The van der Waals surface area contributed by atoms with Crippen molar-refractivity contribution < 1.29 is 46.1 Å². The van der Waals surface area contributed by atoms with E-state index in [0.29, 0.717) is 24.1 Å². The van der Waals surface area contributed by atoms with Gasteiger partial charge < -0.3 is 23.8 Å². The van der Waals surface area contributed by atoms with Crippen molar-refractivity contribution in [1.29, 1.82) is 0 Å². The highest BCUT2D eigenvalue weighted by Gasteiger charge is 2.45. The van der Waals surface area contributed by atoms with Crippen LogP contribution < -0.4 is 18.7 Å². The van der Waals surface area contributed by atoms with Crippen LogP contribution in [0.15, 0.2) is 36.4 Å². The van der Waals surface area contributed by atoms with Crippen LogP contribution in [-0.4, -0.2) is 81.5 Å². The number of carbonyl (C=O) groups excluding carboxylic acids is 3. The molecule has 1 atom stereocenters. The Kier molecular flexibility index (Phi) is 10.4. The van der Waals surface area contributed by atoms with Crippen LogP contribution >= 0.6 is 0 Å². The van der Waals surface area contributed by atoms with Crippen LogP contribution in [-0.2, 0) is 42.2 Å². The first-order valence-corrected chi connectivity index (χ1v) is 17.8. The summed E-state index contributed by atoms with van der Waals surface area (Å²) in [7, 11) is -4.44. The quantitative estimate of drug-likeness (QED) is 0.405. The molecule has 13 nitrogen and oxygen atoms in total. The first-order valence-electron chi connectivity index (χ1n) is 16.3. The van der Waals surface area contributed by atoms with Gasteiger partial charge in [-0.1, -0.05) is 30.3 Å². The molecule has 2 saturated heterocycles. The molecule has 0 aromatic heterocycles. The molecule has 2 aromatic carbocycles. The summed E-state index contributed by atoms with van der Waals surface area (Å²) in [5.74, 6) is -1.87. The molecule has 0 bridgehead atoms. The summed E-state index contributed by atoms with van der Waals surface area (Å²) in [5, 5.41) is 0. The average Bonchev–Trinajstić information content (AvgIpc) is 3.49. The van der Waals surface area contributed by atoms with Gasteiger partial charge in [0.2, 0.25) is 0 Å². The number of carbonyl (C=O) groups is 3. The zero-order valence-corrected chi connectivity index (χ0v) is 29.6. The van der Waals surface area contributed by atoms with Gasteiger partial charge >= 0.3 is 22.4 Å². The molecule has 0 saturated carbocycles. The lowest BCUT2D eigenvalue weighted by molar-refractivity contribution is -0.117. The van der Waals surface area contributed by atoms with Crippen molar-refractivity contribution in [2.24, 2.45) is 5.92 Å². The summed E-state index contributed by atoms with van der Waals surface area (Å²) in [6.45, 7) is 11.1. The van der Waals surface area contributed by atoms with Crippen molar-refractivity contribution in [2.45, 2.75) is 84.7 Å². The van der Waals surface area contributed by atoms with E-state index < -0.39 is 63.6 Å². The third-order valence-corrected chi connectivity index (χ3v) is 9.52. The number of rotatable bonds is 8. The van der Waals surface area contributed by atoms with Crippen LogP contribution in [0.1, 0.15) is 65.5 Å². The average molecular weight is 705 g/mol. The maximum Gasteiger partial charge on any atom is 0.415 e. The molecular formula is C34H45FN4O9S. The molecular weight excluding hydrogens is 659 g/mol. The van der Waals surface area contributed by atoms with Crippen LogP contribution in [0.25, 0.3) is 0 Å². The van der Waals surface area contributed by atoms with E-state index in [1.54, 1.807) is 65.8 Å². The molecule has 3 heterocycles. The van der Waals surface area contributed by atoms with Gasteiger partial charge in [-0.25, -0.2) is 23.0 Å². The monoisotopic (exact) mass is 704 g/mol. The lowest BCUT2D eigenvalue weighted by Crippen LogP contribution is -2.50. The summed E-state index contributed by atoms with van der Waals surface area (Å²) >= 11 is 0. The summed E-state index contributed by atoms with van der Waals surface area (Å²) in [6, 6.07) is 9.55. The lowest BCUT2D eigenvalue weighted by atomic mass is 9.99. The number of halogens is 1. The number of nitrogens with one attached hydrogen (secondary N) is 1. The molecule has 0 aliphatic carbocycles. The van der Waals surface area contributed by atoms with E-state index in [4.69, 9.17) is 18.9 Å². The maximum atomic E-state index is 16.9. The van der Waals surface area contributed by atoms with Crippen LogP contribution in [0, 0.1) is 11.7 Å². The Morgan fingerprint density at radius 1 is 1.02 bits per heavy atom. The van der Waals surface area contributed by atoms with Crippen LogP contribution in [0.3, 0.4) is 0 Å². The minimum Gasteiger partial charge on any atom is -0.487 e. The van der Waals surface area contributed by atoms with Gasteiger partial charge in [0.25, 0.3) is 5.91 Å². The Bertz CT molecular complexity index is 1670. The summed E-state index contributed by atoms with van der Waals surface area (Å²) in [4.78, 5) is 42.6. The number of anilines is 2. The SMILES string of the molecule is CC(C)(C)OC(=O)N(CC1CCOCC1)C[C@H]1Cc2c(cc(OCc3ccccc3)c(N3CC(=O)NS3(=O)=O)c2F)N1C(=O)OC(C)(C)C. The second kappa shape index (κ2) is 14.0. The standard InChI is InChI=1S/C34H45FN4O9S/c1-33(2,3)47-31(41)37(18-22-12-14-45-15-13-22)19-24-16-25-26(39(24)32(42)48-34(4,5)6)17-27(46-21-23-10-8-7-9-11-23)30(29(25)35)38-20-28(40)36-49(38,43)44/h7-11,17,22,24H,12-16,18-21H2,1-6H3,(H,36,40)/t24-/m1/s1. The fourth-order valence-electron chi connectivity index (χ4n) is 6.05. The minimum atomic E-state index is -4.44. The number of amides is 3. The Morgan fingerprint density at radius 2 is 1.67 bits per heavy atom. The van der Waals surface area contributed by atoms with Gasteiger partial charge in [0.15, 0.2) is 5.82 Å². The van der Waals surface area contributed by atoms with E-state index in [-0.39, 0.29) is 42.5 Å². The lowest BCUT2D eigenvalue weighted by Gasteiger charge is -2.35.